The van der Waals surface area contributed by atoms with Gasteiger partial charge in [0.2, 0.25) is 5.91 Å². The first kappa shape index (κ1) is 20.5. The van der Waals surface area contributed by atoms with Crippen molar-refractivity contribution in [2.45, 2.75) is 25.9 Å². The number of nitrogens with zero attached hydrogens (tertiary/aromatic N) is 1. The molecule has 0 heterocycles. The van der Waals surface area contributed by atoms with Crippen LogP contribution in [0, 0.1) is 0 Å². The summed E-state index contributed by atoms with van der Waals surface area (Å²) < 4.78 is 10.5. The molecule has 0 spiro atoms. The number of hydrogen-bond acceptors (Lipinski definition) is 3. The third kappa shape index (κ3) is 6.11. The Bertz CT molecular complexity index is 840. The van der Waals surface area contributed by atoms with Gasteiger partial charge in [0, 0.05) is 19.5 Å². The van der Waals surface area contributed by atoms with Crippen molar-refractivity contribution in [3.8, 4) is 11.5 Å². The van der Waals surface area contributed by atoms with Gasteiger partial charge in [-0.1, -0.05) is 54.6 Å². The van der Waals surface area contributed by atoms with E-state index in [2.05, 4.69) is 12.1 Å². The molecular weight excluding hydrogens is 362 g/mol. The van der Waals surface area contributed by atoms with Crippen LogP contribution >= 0.6 is 0 Å². The van der Waals surface area contributed by atoms with Gasteiger partial charge in [0.05, 0.1) is 14.2 Å². The maximum Gasteiger partial charge on any atom is 0.223 e. The van der Waals surface area contributed by atoms with Crippen molar-refractivity contribution in [3.05, 3.63) is 95.6 Å². The number of ether oxygens (including phenoxy) is 2. The predicted molar refractivity (Wildman–Crippen MR) is 115 cm³/mol. The first-order valence-corrected chi connectivity index (χ1v) is 9.75. The van der Waals surface area contributed by atoms with E-state index in [9.17, 15) is 4.79 Å². The number of methoxy groups -OCH3 is 2. The van der Waals surface area contributed by atoms with Crippen LogP contribution in [0.3, 0.4) is 0 Å². The van der Waals surface area contributed by atoms with Gasteiger partial charge in [0.15, 0.2) is 0 Å². The van der Waals surface area contributed by atoms with Gasteiger partial charge >= 0.3 is 0 Å². The molecule has 0 bridgehead atoms. The number of benzene rings is 3. The summed E-state index contributed by atoms with van der Waals surface area (Å²) in [5, 5.41) is 0. The summed E-state index contributed by atoms with van der Waals surface area (Å²) in [6.07, 6.45) is 1.22. The summed E-state index contributed by atoms with van der Waals surface area (Å²) in [4.78, 5) is 15.0. The third-order valence-corrected chi connectivity index (χ3v) is 4.89. The zero-order chi connectivity index (χ0) is 20.5. The van der Waals surface area contributed by atoms with E-state index in [1.54, 1.807) is 14.2 Å². The minimum atomic E-state index is 0.139. The highest BCUT2D eigenvalue weighted by Crippen LogP contribution is 2.18. The van der Waals surface area contributed by atoms with Crippen LogP contribution in [-0.2, 0) is 24.3 Å². The summed E-state index contributed by atoms with van der Waals surface area (Å²) in [5.74, 6) is 1.76. The van der Waals surface area contributed by atoms with E-state index in [1.165, 1.54) is 5.56 Å². The summed E-state index contributed by atoms with van der Waals surface area (Å²) in [7, 11) is 3.30. The fraction of sp³-hybridized carbons (Fsp3) is 0.240. The molecule has 0 aliphatic rings. The lowest BCUT2D eigenvalue weighted by Crippen LogP contribution is -2.30. The van der Waals surface area contributed by atoms with E-state index in [-0.39, 0.29) is 5.91 Å². The molecule has 0 radical (unpaired) electrons. The number of rotatable bonds is 9. The number of hydrogen-bond donors (Lipinski definition) is 0. The maximum absolute atomic E-state index is 13.0. The average molecular weight is 389 g/mol. The molecule has 4 heteroatoms. The minimum absolute atomic E-state index is 0.139. The molecule has 0 aliphatic carbocycles. The molecule has 0 saturated heterocycles. The van der Waals surface area contributed by atoms with Gasteiger partial charge in [-0.05, 0) is 47.4 Å². The van der Waals surface area contributed by atoms with Gasteiger partial charge < -0.3 is 14.4 Å². The lowest BCUT2D eigenvalue weighted by Gasteiger charge is -2.23. The van der Waals surface area contributed by atoms with Crippen LogP contribution in [-0.4, -0.2) is 25.0 Å². The Labute approximate surface area is 172 Å². The van der Waals surface area contributed by atoms with Crippen molar-refractivity contribution in [3.63, 3.8) is 0 Å². The fourth-order valence-corrected chi connectivity index (χ4v) is 3.19. The van der Waals surface area contributed by atoms with Crippen LogP contribution in [0.5, 0.6) is 11.5 Å². The molecule has 3 aromatic carbocycles. The van der Waals surface area contributed by atoms with E-state index in [0.29, 0.717) is 19.5 Å². The highest BCUT2D eigenvalue weighted by molar-refractivity contribution is 5.76. The Balaban J connectivity index is 1.72. The number of amides is 1. The van der Waals surface area contributed by atoms with Gasteiger partial charge in [0.1, 0.15) is 11.5 Å². The van der Waals surface area contributed by atoms with Crippen LogP contribution in [0.25, 0.3) is 0 Å². The van der Waals surface area contributed by atoms with Gasteiger partial charge in [-0.3, -0.25) is 4.79 Å². The Morgan fingerprint density at radius 2 is 1.17 bits per heavy atom. The van der Waals surface area contributed by atoms with Crippen molar-refractivity contribution < 1.29 is 14.3 Å². The molecule has 29 heavy (non-hydrogen) atoms. The number of aryl methyl sites for hydroxylation is 1. The highest BCUT2D eigenvalue weighted by Gasteiger charge is 2.15. The Kier molecular flexibility index (Phi) is 7.28. The van der Waals surface area contributed by atoms with Crippen LogP contribution < -0.4 is 9.47 Å². The van der Waals surface area contributed by atoms with E-state index in [4.69, 9.17) is 9.47 Å². The molecule has 0 aromatic heterocycles. The molecule has 0 fully saturated rings. The molecule has 0 N–H and O–H groups in total. The van der Waals surface area contributed by atoms with Crippen LogP contribution in [0.4, 0.5) is 0 Å². The van der Waals surface area contributed by atoms with E-state index >= 15 is 0 Å². The molecule has 150 valence electrons. The van der Waals surface area contributed by atoms with Crippen LogP contribution in [0.1, 0.15) is 23.1 Å². The first-order valence-electron chi connectivity index (χ1n) is 9.75. The molecule has 0 aliphatic heterocycles. The highest BCUT2D eigenvalue weighted by atomic mass is 16.5. The zero-order valence-electron chi connectivity index (χ0n) is 17.0. The standard InChI is InChI=1S/C25H27NO3/c1-28-23-13-8-21(9-14-23)18-26(19-22-10-15-24(29-2)16-11-22)25(27)17-12-20-6-4-3-5-7-20/h3-11,13-16H,12,17-19H2,1-2H3. The molecule has 1 amide bonds. The Hall–Kier alpha value is -3.27. The normalized spacial score (nSPS) is 10.4. The summed E-state index contributed by atoms with van der Waals surface area (Å²) >= 11 is 0. The van der Waals surface area contributed by atoms with Gasteiger partial charge in [-0.25, -0.2) is 0 Å². The Morgan fingerprint density at radius 3 is 1.62 bits per heavy atom. The summed E-state index contributed by atoms with van der Waals surface area (Å²) in [5.41, 5.74) is 3.33. The molecule has 4 nitrogen and oxygen atoms in total. The lowest BCUT2D eigenvalue weighted by atomic mass is 10.1. The van der Waals surface area contributed by atoms with Crippen LogP contribution in [0.15, 0.2) is 78.9 Å². The molecular formula is C25H27NO3. The van der Waals surface area contributed by atoms with E-state index in [0.717, 1.165) is 29.0 Å². The SMILES string of the molecule is COc1ccc(CN(Cc2ccc(OC)cc2)C(=O)CCc2ccccc2)cc1. The molecule has 0 saturated carbocycles. The predicted octanol–water partition coefficient (Wildman–Crippen LogP) is 4.87. The minimum Gasteiger partial charge on any atom is -0.497 e. The van der Waals surface area contributed by atoms with Gasteiger partial charge in [-0.2, -0.15) is 0 Å². The lowest BCUT2D eigenvalue weighted by molar-refractivity contribution is -0.132. The van der Waals surface area contributed by atoms with Crippen molar-refractivity contribution in [1.82, 2.24) is 4.90 Å². The second-order valence-electron chi connectivity index (χ2n) is 6.93. The fourth-order valence-electron chi connectivity index (χ4n) is 3.19. The van der Waals surface area contributed by atoms with Crippen molar-refractivity contribution in [1.29, 1.82) is 0 Å². The second-order valence-corrected chi connectivity index (χ2v) is 6.93. The van der Waals surface area contributed by atoms with E-state index < -0.39 is 0 Å². The maximum atomic E-state index is 13.0. The average Bonchev–Trinajstić information content (AvgIpc) is 2.78. The largest absolute Gasteiger partial charge is 0.497 e. The quantitative estimate of drug-likeness (QED) is 0.524. The van der Waals surface area contributed by atoms with Crippen molar-refractivity contribution >= 4 is 5.91 Å². The van der Waals surface area contributed by atoms with Gasteiger partial charge in [-0.15, -0.1) is 0 Å². The van der Waals surface area contributed by atoms with Gasteiger partial charge in [0.25, 0.3) is 0 Å². The number of carbonyl (C=O) groups is 1. The first-order chi connectivity index (χ1) is 14.2. The molecule has 3 aromatic rings. The molecule has 0 atom stereocenters. The molecule has 3 rings (SSSR count). The smallest absolute Gasteiger partial charge is 0.223 e. The zero-order valence-corrected chi connectivity index (χ0v) is 17.0. The van der Waals surface area contributed by atoms with Crippen LogP contribution in [0.2, 0.25) is 0 Å². The van der Waals surface area contributed by atoms with Crippen molar-refractivity contribution in [2.75, 3.05) is 14.2 Å². The monoisotopic (exact) mass is 389 g/mol. The molecule has 0 unspecified atom stereocenters. The van der Waals surface area contributed by atoms with Crippen molar-refractivity contribution in [2.24, 2.45) is 0 Å². The number of carbonyl (C=O) groups excluding carboxylic acids is 1. The Morgan fingerprint density at radius 1 is 0.690 bits per heavy atom. The second kappa shape index (κ2) is 10.3. The topological polar surface area (TPSA) is 38.8 Å². The van der Waals surface area contributed by atoms with E-state index in [1.807, 2.05) is 71.6 Å². The summed E-state index contributed by atoms with van der Waals surface area (Å²) in [6.45, 7) is 1.12. The summed E-state index contributed by atoms with van der Waals surface area (Å²) in [6, 6.07) is 25.8. The third-order valence-electron chi connectivity index (χ3n) is 4.89.